The number of aliphatic hydroxyl groups is 1. The number of phosphoric acid groups is 2. The number of nitrogens with two attached hydrogens (primary N) is 1. The number of aliphatic hydroxyl groups excluding tert-OH is 1. The van der Waals surface area contributed by atoms with Crippen LogP contribution < -0.4 is 41.3 Å². The molecule has 1 aliphatic carbocycles. The first-order chi connectivity index (χ1) is 35.6. The average Bonchev–Trinajstić information content (AvgIpc) is 3.90. The zero-order valence-corrected chi connectivity index (χ0v) is 44.9. The van der Waals surface area contributed by atoms with Gasteiger partial charge in [0, 0.05) is 81.9 Å². The van der Waals surface area contributed by atoms with Gasteiger partial charge in [0.15, 0.2) is 23.2 Å². The van der Waals surface area contributed by atoms with Crippen molar-refractivity contribution in [1.29, 1.82) is 0 Å². The van der Waals surface area contributed by atoms with Crippen LogP contribution in [-0.2, 0) is 39.5 Å². The van der Waals surface area contributed by atoms with Gasteiger partial charge in [0.2, 0.25) is 17.2 Å². The zero-order valence-electron chi connectivity index (χ0n) is 43.1. The fraction of sp³-hybridized carbons (Fsp3) is 0.490. The van der Waals surface area contributed by atoms with E-state index in [2.05, 4.69) is 111 Å². The number of anilines is 3. The molecular formula is C51H68N10O12P2. The Hall–Kier alpha value is -5.64. The number of amides is 2. The average molecular weight is 1080 g/mol. The van der Waals surface area contributed by atoms with E-state index in [0.717, 1.165) is 72.7 Å². The van der Waals surface area contributed by atoms with E-state index in [1.807, 2.05) is 18.2 Å². The van der Waals surface area contributed by atoms with Crippen LogP contribution in [0.3, 0.4) is 0 Å². The number of rotatable bonds is 22. The quantitative estimate of drug-likeness (QED) is 0.0298. The van der Waals surface area contributed by atoms with Crippen LogP contribution in [0.5, 0.6) is 0 Å². The minimum Gasteiger partial charge on any atom is -0.756 e. The Balaban J connectivity index is 0.853. The van der Waals surface area contributed by atoms with Crippen LogP contribution in [0.25, 0.3) is 16.7 Å². The van der Waals surface area contributed by atoms with Crippen LogP contribution in [0, 0.1) is 0 Å². The highest BCUT2D eigenvalue weighted by Gasteiger charge is 2.50. The van der Waals surface area contributed by atoms with Gasteiger partial charge in [-0.25, -0.2) is 24.1 Å². The molecule has 24 heteroatoms. The third-order valence-electron chi connectivity index (χ3n) is 14.3. The van der Waals surface area contributed by atoms with E-state index in [4.69, 9.17) is 19.9 Å². The van der Waals surface area contributed by atoms with E-state index in [1.54, 1.807) is 11.9 Å². The van der Waals surface area contributed by atoms with Crippen molar-refractivity contribution in [2.75, 3.05) is 76.4 Å². The van der Waals surface area contributed by atoms with Crippen LogP contribution >= 0.6 is 15.6 Å². The first-order valence-electron chi connectivity index (χ1n) is 25.3. The molecule has 1 saturated heterocycles. The van der Waals surface area contributed by atoms with Gasteiger partial charge in [-0.2, -0.15) is 0 Å². The molecule has 1 fully saturated rings. The first-order valence-corrected chi connectivity index (χ1v) is 28.3. The SMILES string of the molecule is CC[N+]1=c2cc3c(cc2CCC1)=C(c1ccccc1C(=O)N(C)CCCC(=O)NCCCCCCNc1nc2c(N)ncnc2n1[C@@H]1O[C@H](COP(=O)([O-])O)[C@@H](OP(=O)(O)O)[C@H]1O)c1ccc(N(C)C)cc1C3(C)C. The molecular weight excluding hydrogens is 1010 g/mol. The lowest BCUT2D eigenvalue weighted by Crippen LogP contribution is -2.43. The standard InChI is InChI=1S/C51H68N10O12P2/c1-7-60-25-14-16-31-26-36-38(28-39(31)60)51(2,3)37-27-32(58(4)5)20-21-35(37)42(36)33-17-10-11-18-34(33)48(64)59(6)24-15-19-41(62)53-22-12-8-9-13-23-54-50-57-43-46(52)55-30-56-47(43)61(50)49-44(63)45(73-75(68,69)70)40(72-49)29-71-74(65,66)67/h10-11,17-18,20-21,26-28,30,40,44-45,49,52,63H,7-9,12-16,19,22-25,29H2,1-6H3,(H6,53,62,64,65,66,67,68,69,70)/t40-,44-,45-,49-/m1/s1. The van der Waals surface area contributed by atoms with Gasteiger partial charge in [-0.05, 0) is 89.9 Å². The maximum Gasteiger partial charge on any atom is 0.470 e. The summed E-state index contributed by atoms with van der Waals surface area (Å²) in [4.78, 5) is 83.4. The van der Waals surface area contributed by atoms with Crippen molar-refractivity contribution in [2.24, 2.45) is 0 Å². The Labute approximate surface area is 435 Å². The van der Waals surface area contributed by atoms with Crippen LogP contribution in [0.4, 0.5) is 17.5 Å². The van der Waals surface area contributed by atoms with Crippen molar-refractivity contribution in [1.82, 2.24) is 34.3 Å². The Morgan fingerprint density at radius 3 is 2.45 bits per heavy atom. The van der Waals surface area contributed by atoms with Gasteiger partial charge in [0.1, 0.15) is 37.7 Å². The maximum absolute atomic E-state index is 14.5. The molecule has 0 radical (unpaired) electrons. The molecule has 3 aromatic carbocycles. The molecule has 22 nitrogen and oxygen atoms in total. The summed E-state index contributed by atoms with van der Waals surface area (Å²) in [6.07, 6.45) is 0.144. The summed E-state index contributed by atoms with van der Waals surface area (Å²) in [7, 11) is -4.65. The van der Waals surface area contributed by atoms with E-state index in [-0.39, 0.29) is 46.6 Å². The second-order valence-electron chi connectivity index (χ2n) is 20.0. The van der Waals surface area contributed by atoms with Gasteiger partial charge in [-0.15, -0.1) is 0 Å². The number of carbonyl (C=O) groups is 2. The summed E-state index contributed by atoms with van der Waals surface area (Å²) < 4.78 is 41.8. The lowest BCUT2D eigenvalue weighted by atomic mass is 9.68. The molecule has 0 spiro atoms. The number of benzene rings is 3. The number of fused-ring (bicyclic) bond motifs is 4. The summed E-state index contributed by atoms with van der Waals surface area (Å²) in [5.74, 6) is -0.126. The minimum atomic E-state index is -5.30. The van der Waals surface area contributed by atoms with Crippen molar-refractivity contribution >= 4 is 61.7 Å². The molecule has 5 aromatic rings. The van der Waals surface area contributed by atoms with E-state index < -0.39 is 46.8 Å². The van der Waals surface area contributed by atoms with E-state index in [9.17, 15) is 38.5 Å². The molecule has 1 unspecified atom stereocenters. The number of aromatic nitrogens is 4. The first kappa shape index (κ1) is 55.6. The lowest BCUT2D eigenvalue weighted by molar-refractivity contribution is -0.222. The predicted octanol–water partition coefficient (Wildman–Crippen LogP) is 2.67. The van der Waals surface area contributed by atoms with Crippen molar-refractivity contribution in [2.45, 2.75) is 102 Å². The third kappa shape index (κ3) is 12.3. The summed E-state index contributed by atoms with van der Waals surface area (Å²) in [5, 5.41) is 19.8. The van der Waals surface area contributed by atoms with Crippen molar-refractivity contribution in [3.63, 3.8) is 0 Å². The number of nitrogens with one attached hydrogen (secondary N) is 2. The molecule has 0 bridgehead atoms. The van der Waals surface area contributed by atoms with Crippen LogP contribution in [0.15, 0.2) is 60.9 Å². The molecule has 5 atom stereocenters. The number of hydrogen-bond donors (Lipinski definition) is 7. The van der Waals surface area contributed by atoms with Gasteiger partial charge < -0.3 is 60.1 Å². The summed E-state index contributed by atoms with van der Waals surface area (Å²) in [5.41, 5.74) is 14.6. The van der Waals surface area contributed by atoms with E-state index in [1.165, 1.54) is 26.6 Å². The van der Waals surface area contributed by atoms with E-state index >= 15 is 0 Å². The summed E-state index contributed by atoms with van der Waals surface area (Å²) >= 11 is 0. The number of imidazole rings is 1. The van der Waals surface area contributed by atoms with Gasteiger partial charge >= 0.3 is 7.82 Å². The van der Waals surface area contributed by atoms with Crippen LogP contribution in [0.2, 0.25) is 0 Å². The molecule has 75 heavy (non-hydrogen) atoms. The number of hydrogen-bond acceptors (Lipinski definition) is 15. The van der Waals surface area contributed by atoms with Crippen LogP contribution in [-0.4, -0.2) is 135 Å². The molecule has 4 heterocycles. The number of nitrogen functional groups attached to an aromatic ring is 1. The fourth-order valence-corrected chi connectivity index (χ4v) is 11.4. The molecule has 8 rings (SSSR count). The Morgan fingerprint density at radius 2 is 1.73 bits per heavy atom. The highest BCUT2D eigenvalue weighted by atomic mass is 31.2. The molecule has 2 aromatic heterocycles. The second-order valence-corrected chi connectivity index (χ2v) is 22.4. The molecule has 404 valence electrons. The molecule has 8 N–H and O–H groups in total. The van der Waals surface area contributed by atoms with Crippen LogP contribution in [0.1, 0.15) is 110 Å². The smallest absolute Gasteiger partial charge is 0.470 e. The number of ether oxygens (including phenoxy) is 1. The third-order valence-corrected chi connectivity index (χ3v) is 15.3. The molecule has 2 aliphatic heterocycles. The monoisotopic (exact) mass is 1070 g/mol. The Kier molecular flexibility index (Phi) is 17.0. The number of phosphoric ester groups is 2. The maximum atomic E-state index is 14.5. The number of unbranched alkanes of at least 4 members (excludes halogenated alkanes) is 3. The minimum absolute atomic E-state index is 0.00895. The summed E-state index contributed by atoms with van der Waals surface area (Å²) in [6.45, 7) is 9.07. The van der Waals surface area contributed by atoms with Gasteiger partial charge in [0.05, 0.1) is 6.61 Å². The predicted molar refractivity (Wildman–Crippen MR) is 280 cm³/mol. The summed E-state index contributed by atoms with van der Waals surface area (Å²) in [6, 6.07) is 19.3. The van der Waals surface area contributed by atoms with Crippen molar-refractivity contribution in [3.8, 4) is 0 Å². The normalized spacial score (nSPS) is 19.8. The highest BCUT2D eigenvalue weighted by Crippen LogP contribution is 2.46. The topological polar surface area (TPSA) is 303 Å². The number of aryl methyl sites for hydroxylation is 1. The number of carbonyl (C=O) groups excluding carboxylic acids is 2. The zero-order chi connectivity index (χ0) is 54.0. The molecule has 2 amide bonds. The van der Waals surface area contributed by atoms with Gasteiger partial charge in [-0.1, -0.05) is 51.0 Å². The lowest BCUT2D eigenvalue weighted by Gasteiger charge is -2.36. The van der Waals surface area contributed by atoms with Crippen molar-refractivity contribution in [3.05, 3.63) is 105 Å². The highest BCUT2D eigenvalue weighted by molar-refractivity contribution is 7.46. The fourth-order valence-electron chi connectivity index (χ4n) is 10.5. The van der Waals surface area contributed by atoms with Gasteiger partial charge in [0.25, 0.3) is 13.7 Å². The number of nitrogens with zero attached hydrogens (tertiary/aromatic N) is 7. The Morgan fingerprint density at radius 1 is 0.987 bits per heavy atom. The Bertz CT molecular complexity index is 3180. The molecule has 3 aliphatic rings. The second kappa shape index (κ2) is 22.9. The molecule has 0 saturated carbocycles. The van der Waals surface area contributed by atoms with E-state index in [0.29, 0.717) is 44.5 Å². The largest absolute Gasteiger partial charge is 0.756 e. The van der Waals surface area contributed by atoms with Gasteiger partial charge in [-0.3, -0.25) is 23.2 Å². The van der Waals surface area contributed by atoms with Crippen molar-refractivity contribution < 1.29 is 57.2 Å².